The summed E-state index contributed by atoms with van der Waals surface area (Å²) in [5.74, 6) is 0. The van der Waals surface area contributed by atoms with Crippen LogP contribution in [0.25, 0.3) is 0 Å². The number of aromatic nitrogens is 1. The lowest BCUT2D eigenvalue weighted by molar-refractivity contribution is 0.0579. The summed E-state index contributed by atoms with van der Waals surface area (Å²) in [6.07, 6.45) is 2.42. The van der Waals surface area contributed by atoms with Crippen molar-refractivity contribution in [1.29, 1.82) is 0 Å². The van der Waals surface area contributed by atoms with Gasteiger partial charge in [-0.05, 0) is 51.3 Å². The molecule has 2 heterocycles. The summed E-state index contributed by atoms with van der Waals surface area (Å²) in [6.45, 7) is 12.6. The van der Waals surface area contributed by atoms with Crippen LogP contribution in [0.3, 0.4) is 0 Å². The zero-order valence-corrected chi connectivity index (χ0v) is 16.6. The molecule has 26 heavy (non-hydrogen) atoms. The molecule has 0 fully saturated rings. The fourth-order valence-electron chi connectivity index (χ4n) is 3.30. The maximum Gasteiger partial charge on any atom is 0.414 e. The van der Waals surface area contributed by atoms with Crippen molar-refractivity contribution in [3.05, 3.63) is 58.9 Å². The van der Waals surface area contributed by atoms with E-state index in [4.69, 9.17) is 9.72 Å². The first-order chi connectivity index (χ1) is 12.0. The third kappa shape index (κ3) is 3.90. The summed E-state index contributed by atoms with van der Waals surface area (Å²) in [6, 6.07) is 10.6. The van der Waals surface area contributed by atoms with Gasteiger partial charge in [-0.15, -0.1) is 0 Å². The van der Waals surface area contributed by atoms with Crippen LogP contribution < -0.4 is 4.90 Å². The van der Waals surface area contributed by atoms with Crippen molar-refractivity contribution < 1.29 is 9.53 Å². The SMILES string of the molecule is Cc1ccc(Cc2cnc3c(c2)N(C(=O)OC(C)(C)C)CC3(C)C)cc1. The fourth-order valence-corrected chi connectivity index (χ4v) is 3.30. The molecular formula is C22H28N2O2. The Hall–Kier alpha value is -2.36. The molecule has 1 aliphatic heterocycles. The van der Waals surface area contributed by atoms with E-state index < -0.39 is 5.60 Å². The molecule has 0 unspecified atom stereocenters. The predicted octanol–water partition coefficient (Wildman–Crippen LogP) is 5.01. The molecule has 0 N–H and O–H groups in total. The van der Waals surface area contributed by atoms with Gasteiger partial charge in [0.2, 0.25) is 0 Å². The average molecular weight is 352 g/mol. The second kappa shape index (κ2) is 6.42. The number of carbonyl (C=O) groups is 1. The van der Waals surface area contributed by atoms with Crippen molar-refractivity contribution in [2.75, 3.05) is 11.4 Å². The van der Waals surface area contributed by atoms with Crippen molar-refractivity contribution >= 4 is 11.8 Å². The second-order valence-corrected chi connectivity index (χ2v) is 8.82. The smallest absolute Gasteiger partial charge is 0.414 e. The minimum atomic E-state index is -0.517. The lowest BCUT2D eigenvalue weighted by Gasteiger charge is -2.25. The summed E-state index contributed by atoms with van der Waals surface area (Å²) in [4.78, 5) is 19.1. The molecule has 1 aliphatic rings. The highest BCUT2D eigenvalue weighted by atomic mass is 16.6. The molecule has 1 aromatic heterocycles. The summed E-state index contributed by atoms with van der Waals surface area (Å²) in [5, 5.41) is 0. The van der Waals surface area contributed by atoms with Crippen molar-refractivity contribution in [2.24, 2.45) is 0 Å². The van der Waals surface area contributed by atoms with E-state index >= 15 is 0 Å². The van der Waals surface area contributed by atoms with Crippen molar-refractivity contribution in [3.8, 4) is 0 Å². The molecule has 0 aliphatic carbocycles. The minimum Gasteiger partial charge on any atom is -0.443 e. The summed E-state index contributed by atoms with van der Waals surface area (Å²) < 4.78 is 5.60. The number of benzene rings is 1. The van der Waals surface area contributed by atoms with Crippen LogP contribution in [0.15, 0.2) is 36.5 Å². The van der Waals surface area contributed by atoms with Gasteiger partial charge in [0.15, 0.2) is 0 Å². The standard InChI is InChI=1S/C22H28N2O2/c1-15-7-9-16(10-8-15)11-17-12-18-19(23-13-17)22(5,6)14-24(18)20(25)26-21(2,3)4/h7-10,12-13H,11,14H2,1-6H3. The number of hydrogen-bond donors (Lipinski definition) is 0. The zero-order chi connectivity index (χ0) is 19.1. The number of hydrogen-bond acceptors (Lipinski definition) is 3. The van der Waals surface area contributed by atoms with E-state index in [2.05, 4.69) is 51.1 Å². The Morgan fingerprint density at radius 3 is 2.46 bits per heavy atom. The number of nitrogens with zero attached hydrogens (tertiary/aromatic N) is 2. The monoisotopic (exact) mass is 352 g/mol. The Morgan fingerprint density at radius 1 is 1.19 bits per heavy atom. The number of fused-ring (bicyclic) bond motifs is 1. The van der Waals surface area contributed by atoms with E-state index in [1.807, 2.05) is 27.0 Å². The van der Waals surface area contributed by atoms with E-state index in [0.29, 0.717) is 6.54 Å². The van der Waals surface area contributed by atoms with Gasteiger partial charge in [-0.3, -0.25) is 9.88 Å². The molecule has 1 amide bonds. The molecule has 2 aromatic rings. The number of anilines is 1. The molecular weight excluding hydrogens is 324 g/mol. The Morgan fingerprint density at radius 2 is 1.85 bits per heavy atom. The van der Waals surface area contributed by atoms with Gasteiger partial charge in [-0.25, -0.2) is 4.79 Å². The molecule has 4 nitrogen and oxygen atoms in total. The maximum absolute atomic E-state index is 12.7. The zero-order valence-electron chi connectivity index (χ0n) is 16.6. The summed E-state index contributed by atoms with van der Waals surface area (Å²) >= 11 is 0. The number of carbonyl (C=O) groups excluding carboxylic acids is 1. The first kappa shape index (κ1) is 18.4. The van der Waals surface area contributed by atoms with Gasteiger partial charge in [0.05, 0.1) is 11.4 Å². The quantitative estimate of drug-likeness (QED) is 0.763. The molecule has 0 saturated carbocycles. The molecule has 1 aromatic carbocycles. The van der Waals surface area contributed by atoms with E-state index in [9.17, 15) is 4.79 Å². The lowest BCUT2D eigenvalue weighted by atomic mass is 9.91. The van der Waals surface area contributed by atoms with Crippen molar-refractivity contribution in [1.82, 2.24) is 4.98 Å². The van der Waals surface area contributed by atoms with E-state index in [0.717, 1.165) is 23.4 Å². The molecule has 0 atom stereocenters. The molecule has 0 saturated heterocycles. The number of pyridine rings is 1. The molecule has 138 valence electrons. The van der Waals surface area contributed by atoms with Crippen LogP contribution in [-0.4, -0.2) is 23.2 Å². The van der Waals surface area contributed by atoms with Crippen LogP contribution in [0.4, 0.5) is 10.5 Å². The molecule has 0 radical (unpaired) electrons. The van der Waals surface area contributed by atoms with Gasteiger partial charge in [0, 0.05) is 18.2 Å². The first-order valence-corrected chi connectivity index (χ1v) is 9.11. The highest BCUT2D eigenvalue weighted by Crippen LogP contribution is 2.40. The van der Waals surface area contributed by atoms with E-state index in [1.54, 1.807) is 4.90 Å². The topological polar surface area (TPSA) is 42.4 Å². The lowest BCUT2D eigenvalue weighted by Crippen LogP contribution is -2.38. The molecule has 4 heteroatoms. The van der Waals surface area contributed by atoms with Gasteiger partial charge in [-0.1, -0.05) is 43.7 Å². The Kier molecular flexibility index (Phi) is 4.55. The first-order valence-electron chi connectivity index (χ1n) is 9.11. The average Bonchev–Trinajstić information content (AvgIpc) is 2.79. The van der Waals surface area contributed by atoms with Gasteiger partial charge in [0.1, 0.15) is 5.60 Å². The van der Waals surface area contributed by atoms with Gasteiger partial charge < -0.3 is 4.74 Å². The van der Waals surface area contributed by atoms with Crippen LogP contribution in [-0.2, 0) is 16.6 Å². The fraction of sp³-hybridized carbons (Fsp3) is 0.455. The Bertz CT molecular complexity index is 817. The van der Waals surface area contributed by atoms with E-state index in [1.165, 1.54) is 11.1 Å². The minimum absolute atomic E-state index is 0.186. The van der Waals surface area contributed by atoms with Gasteiger partial charge >= 0.3 is 6.09 Å². The van der Waals surface area contributed by atoms with Crippen LogP contribution >= 0.6 is 0 Å². The third-order valence-corrected chi connectivity index (χ3v) is 4.55. The molecule has 3 rings (SSSR count). The highest BCUT2D eigenvalue weighted by molar-refractivity contribution is 5.91. The van der Waals surface area contributed by atoms with Crippen LogP contribution in [0.2, 0.25) is 0 Å². The van der Waals surface area contributed by atoms with Crippen molar-refractivity contribution in [2.45, 2.75) is 59.0 Å². The summed E-state index contributed by atoms with van der Waals surface area (Å²) in [5.41, 5.74) is 4.70. The molecule has 0 spiro atoms. The highest BCUT2D eigenvalue weighted by Gasteiger charge is 2.41. The number of amides is 1. The normalized spacial score (nSPS) is 15.7. The van der Waals surface area contributed by atoms with Crippen LogP contribution in [0, 0.1) is 6.92 Å². The van der Waals surface area contributed by atoms with Crippen LogP contribution in [0.5, 0.6) is 0 Å². The maximum atomic E-state index is 12.7. The third-order valence-electron chi connectivity index (χ3n) is 4.55. The molecule has 0 bridgehead atoms. The van der Waals surface area contributed by atoms with Crippen molar-refractivity contribution in [3.63, 3.8) is 0 Å². The largest absolute Gasteiger partial charge is 0.443 e. The Balaban J connectivity index is 1.91. The number of aryl methyl sites for hydroxylation is 1. The van der Waals surface area contributed by atoms with Crippen LogP contribution in [0.1, 0.15) is 57.0 Å². The Labute approximate surface area is 156 Å². The number of ether oxygens (including phenoxy) is 1. The van der Waals surface area contributed by atoms with E-state index in [-0.39, 0.29) is 11.5 Å². The van der Waals surface area contributed by atoms with Gasteiger partial charge in [-0.2, -0.15) is 0 Å². The van der Waals surface area contributed by atoms with Gasteiger partial charge in [0.25, 0.3) is 0 Å². The summed E-state index contributed by atoms with van der Waals surface area (Å²) in [7, 11) is 0. The number of rotatable bonds is 2. The predicted molar refractivity (Wildman–Crippen MR) is 105 cm³/mol. The second-order valence-electron chi connectivity index (χ2n) is 8.82.